The zero-order chi connectivity index (χ0) is 25.5. The van der Waals surface area contributed by atoms with E-state index < -0.39 is 17.2 Å². The van der Waals surface area contributed by atoms with Crippen molar-refractivity contribution in [2.24, 2.45) is 5.41 Å². The van der Waals surface area contributed by atoms with Gasteiger partial charge in [-0.25, -0.2) is 9.97 Å². The molecule has 2 aliphatic rings. The van der Waals surface area contributed by atoms with Crippen molar-refractivity contribution in [3.8, 4) is 6.07 Å². The van der Waals surface area contributed by atoms with Crippen LogP contribution in [0.15, 0.2) is 54.6 Å². The van der Waals surface area contributed by atoms with Gasteiger partial charge >= 0.3 is 6.18 Å². The molecule has 0 radical (unpaired) electrons. The number of rotatable bonds is 4. The van der Waals surface area contributed by atoms with Crippen LogP contribution in [0.25, 0.3) is 5.70 Å². The van der Waals surface area contributed by atoms with Crippen molar-refractivity contribution >= 4 is 11.6 Å². The number of carbonyl (C=O) groups excluding carboxylic acids is 1. The van der Waals surface area contributed by atoms with E-state index in [4.69, 9.17) is 0 Å². The first kappa shape index (κ1) is 25.9. The highest BCUT2D eigenvalue weighted by Crippen LogP contribution is 2.36. The Morgan fingerprint density at radius 3 is 2.51 bits per heavy atom. The number of carbonyl (C=O) groups is 1. The lowest BCUT2D eigenvalue weighted by molar-refractivity contribution is -0.137. The molecule has 0 aromatic carbocycles. The summed E-state index contributed by atoms with van der Waals surface area (Å²) < 4.78 is 38.3. The Bertz CT molecular complexity index is 1110. The Labute approximate surface area is 202 Å². The summed E-state index contributed by atoms with van der Waals surface area (Å²) in [6.45, 7) is 5.30. The van der Waals surface area contributed by atoms with Crippen molar-refractivity contribution in [3.05, 3.63) is 71.6 Å². The van der Waals surface area contributed by atoms with Gasteiger partial charge in [-0.05, 0) is 37.1 Å². The van der Waals surface area contributed by atoms with E-state index in [-0.39, 0.29) is 12.3 Å². The van der Waals surface area contributed by atoms with E-state index in [1.807, 2.05) is 19.9 Å². The number of dihydropyridines is 1. The molecule has 0 atom stereocenters. The second-order valence-corrected chi connectivity index (χ2v) is 8.06. The van der Waals surface area contributed by atoms with E-state index in [2.05, 4.69) is 26.3 Å². The number of aromatic nitrogens is 3. The fraction of sp³-hybridized carbons (Fsp3) is 0.400. The van der Waals surface area contributed by atoms with Crippen molar-refractivity contribution in [1.82, 2.24) is 25.2 Å². The molecule has 0 spiro atoms. The number of alkyl halides is 3. The molecule has 1 saturated heterocycles. The van der Waals surface area contributed by atoms with Gasteiger partial charge in [0.05, 0.1) is 34.0 Å². The first-order valence-corrected chi connectivity index (χ1v) is 11.5. The minimum Gasteiger partial charge on any atom is -0.379 e. The molecule has 10 heteroatoms. The van der Waals surface area contributed by atoms with E-state index >= 15 is 0 Å². The van der Waals surface area contributed by atoms with Crippen LogP contribution in [0.5, 0.6) is 0 Å². The van der Waals surface area contributed by atoms with Crippen LogP contribution >= 0.6 is 0 Å². The quantitative estimate of drug-likeness (QED) is 0.700. The maximum absolute atomic E-state index is 13.3. The van der Waals surface area contributed by atoms with Crippen molar-refractivity contribution in [3.63, 3.8) is 0 Å². The largest absolute Gasteiger partial charge is 0.417 e. The molecule has 0 unspecified atom stereocenters. The average Bonchev–Trinajstić information content (AvgIpc) is 2.90. The average molecular weight is 485 g/mol. The summed E-state index contributed by atoms with van der Waals surface area (Å²) in [6, 6.07) is 6.35. The van der Waals surface area contributed by atoms with E-state index in [9.17, 15) is 23.2 Å². The minimum absolute atomic E-state index is 0.161. The normalized spacial score (nSPS) is 17.1. The highest BCUT2D eigenvalue weighted by molar-refractivity contribution is 6.03. The van der Waals surface area contributed by atoms with E-state index in [1.54, 1.807) is 23.2 Å². The standard InChI is InChI=1S/C23H21F3N6O.C2H6/c24-23(25,26)16-3-4-17(30-13-16)12-22(14-27)6-10-32(11-7-22)21(33)18-2-1-8-29-20(18)19-5-9-28-15-31-19;1-2/h1-5,9,13,15,29H,6-8,10-12H2;1-2H3. The molecule has 0 aliphatic carbocycles. The Balaban J connectivity index is 0.00000167. The highest BCUT2D eigenvalue weighted by Gasteiger charge is 2.38. The molecule has 4 heterocycles. The van der Waals surface area contributed by atoms with Gasteiger partial charge in [0.1, 0.15) is 6.33 Å². The molecule has 35 heavy (non-hydrogen) atoms. The van der Waals surface area contributed by atoms with Gasteiger partial charge in [-0.2, -0.15) is 18.4 Å². The zero-order valence-corrected chi connectivity index (χ0v) is 19.6. The molecule has 4 rings (SSSR count). The van der Waals surface area contributed by atoms with Gasteiger partial charge in [0.25, 0.3) is 5.91 Å². The Kier molecular flexibility index (Phi) is 8.22. The number of hydrogen-bond donors (Lipinski definition) is 1. The zero-order valence-electron chi connectivity index (χ0n) is 19.6. The molecule has 2 aromatic heterocycles. The molecule has 7 nitrogen and oxygen atoms in total. The van der Waals surface area contributed by atoms with Crippen LogP contribution < -0.4 is 5.32 Å². The number of nitrogens with zero attached hydrogens (tertiary/aromatic N) is 5. The summed E-state index contributed by atoms with van der Waals surface area (Å²) in [5.74, 6) is -0.161. The first-order valence-electron chi connectivity index (χ1n) is 11.5. The van der Waals surface area contributed by atoms with Crippen molar-refractivity contribution in [1.29, 1.82) is 5.26 Å². The second kappa shape index (κ2) is 11.1. The highest BCUT2D eigenvalue weighted by atomic mass is 19.4. The predicted octanol–water partition coefficient (Wildman–Crippen LogP) is 4.16. The fourth-order valence-electron chi connectivity index (χ4n) is 4.04. The Morgan fingerprint density at radius 1 is 1.20 bits per heavy atom. The van der Waals surface area contributed by atoms with Gasteiger partial charge in [0.15, 0.2) is 0 Å². The number of halogens is 3. The molecule has 1 amide bonds. The summed E-state index contributed by atoms with van der Waals surface area (Å²) >= 11 is 0. The molecule has 184 valence electrons. The fourth-order valence-corrected chi connectivity index (χ4v) is 4.04. The third-order valence-electron chi connectivity index (χ3n) is 5.94. The van der Waals surface area contributed by atoms with Crippen LogP contribution in [0.2, 0.25) is 0 Å². The monoisotopic (exact) mass is 484 g/mol. The molecule has 2 aliphatic heterocycles. The number of hydrogen-bond acceptors (Lipinski definition) is 6. The van der Waals surface area contributed by atoms with Crippen LogP contribution in [-0.4, -0.2) is 45.4 Å². The predicted molar refractivity (Wildman–Crippen MR) is 124 cm³/mol. The van der Waals surface area contributed by atoms with Crippen LogP contribution in [0.1, 0.15) is 43.6 Å². The van der Waals surface area contributed by atoms with E-state index in [0.717, 1.165) is 12.3 Å². The van der Waals surface area contributed by atoms with Crippen molar-refractivity contribution in [2.45, 2.75) is 39.3 Å². The van der Waals surface area contributed by atoms with Crippen LogP contribution in [0.4, 0.5) is 13.2 Å². The smallest absolute Gasteiger partial charge is 0.379 e. The minimum atomic E-state index is -4.45. The third kappa shape index (κ3) is 6.04. The number of piperidine rings is 1. The second-order valence-electron chi connectivity index (χ2n) is 8.06. The van der Waals surface area contributed by atoms with Gasteiger partial charge in [0, 0.05) is 44.1 Å². The maximum Gasteiger partial charge on any atom is 0.417 e. The summed E-state index contributed by atoms with van der Waals surface area (Å²) in [4.78, 5) is 27.0. The Hall–Kier alpha value is -3.74. The number of likely N-dealkylation sites (tertiary alicyclic amines) is 1. The van der Waals surface area contributed by atoms with Crippen molar-refractivity contribution < 1.29 is 18.0 Å². The number of pyridine rings is 1. The van der Waals surface area contributed by atoms with Gasteiger partial charge in [0.2, 0.25) is 0 Å². The molecular weight excluding hydrogens is 457 g/mol. The third-order valence-corrected chi connectivity index (χ3v) is 5.94. The van der Waals surface area contributed by atoms with E-state index in [1.165, 1.54) is 12.4 Å². The first-order chi connectivity index (χ1) is 16.8. The van der Waals surface area contributed by atoms with E-state index in [0.29, 0.717) is 55.1 Å². The molecule has 1 fully saturated rings. The van der Waals surface area contributed by atoms with Crippen molar-refractivity contribution in [2.75, 3.05) is 19.6 Å². The van der Waals surface area contributed by atoms with Gasteiger partial charge in [-0.15, -0.1) is 0 Å². The lowest BCUT2D eigenvalue weighted by Crippen LogP contribution is -2.44. The number of amides is 1. The van der Waals surface area contributed by atoms with Crippen LogP contribution in [0, 0.1) is 16.7 Å². The summed E-state index contributed by atoms with van der Waals surface area (Å²) in [5.41, 5.74) is 0.574. The lowest BCUT2D eigenvalue weighted by Gasteiger charge is -2.37. The van der Waals surface area contributed by atoms with Gasteiger partial charge in [-0.3, -0.25) is 9.78 Å². The summed E-state index contributed by atoms with van der Waals surface area (Å²) in [5, 5.41) is 13.0. The summed E-state index contributed by atoms with van der Waals surface area (Å²) in [6.07, 6.45) is 4.05. The SMILES string of the molecule is CC.N#CC1(Cc2ccc(C(F)(F)F)cn2)CCN(C(=O)C2=C(c3ccncn3)NCC=C2)CC1. The maximum atomic E-state index is 13.3. The molecule has 2 aromatic rings. The van der Waals surface area contributed by atoms with Crippen LogP contribution in [0.3, 0.4) is 0 Å². The lowest BCUT2D eigenvalue weighted by atomic mass is 9.76. The van der Waals surface area contributed by atoms with Gasteiger partial charge < -0.3 is 10.2 Å². The number of nitriles is 1. The molecular formula is C25H27F3N6O. The topological polar surface area (TPSA) is 94.8 Å². The molecule has 0 saturated carbocycles. The Morgan fingerprint density at radius 2 is 1.94 bits per heavy atom. The number of nitrogens with one attached hydrogen (secondary N) is 1. The van der Waals surface area contributed by atoms with Gasteiger partial charge in [-0.1, -0.05) is 19.9 Å². The molecule has 0 bridgehead atoms. The van der Waals surface area contributed by atoms with Crippen LogP contribution in [-0.2, 0) is 17.4 Å². The summed E-state index contributed by atoms with van der Waals surface area (Å²) in [7, 11) is 0. The molecule has 1 N–H and O–H groups in total.